The number of carboxylic acid groups (broad SMARTS) is 1. The average Bonchev–Trinajstić information content (AvgIpc) is 0.749. The van der Waals surface area contributed by atoms with E-state index in [1.54, 1.807) is 0 Å². The maximum atomic E-state index is 13.9. The van der Waals surface area contributed by atoms with Gasteiger partial charge in [0, 0.05) is 20.3 Å². The van der Waals surface area contributed by atoms with Crippen molar-refractivity contribution in [3.05, 3.63) is 0 Å². The molecule has 2 amide bonds. The molecule has 98 heavy (non-hydrogen) atoms. The van der Waals surface area contributed by atoms with Crippen LogP contribution in [0.2, 0.25) is 0 Å². The zero-order chi connectivity index (χ0) is 72.6. The number of carboxylic acids is 1. The summed E-state index contributed by atoms with van der Waals surface area (Å²) in [7, 11) is 0. The fourth-order valence-corrected chi connectivity index (χ4v) is 12.7. The quantitative estimate of drug-likeness (QED) is 0.0427. The highest BCUT2D eigenvalue weighted by Gasteiger charge is 2.64. The van der Waals surface area contributed by atoms with Crippen molar-refractivity contribution in [1.29, 1.82) is 0 Å². The number of aliphatic carboxylic acids is 1. The number of hydrogen-bond donors (Lipinski definition) is 25. The molecule has 8 saturated heterocycles. The fourth-order valence-electron chi connectivity index (χ4n) is 12.7. The van der Waals surface area contributed by atoms with Gasteiger partial charge in [-0.1, -0.05) is 0 Å². The van der Waals surface area contributed by atoms with Gasteiger partial charge in [0.15, 0.2) is 44.0 Å². The number of carbonyl (C=O) groups excluding carboxylic acids is 2. The molecule has 41 atom stereocenters. The summed E-state index contributed by atoms with van der Waals surface area (Å²) in [5, 5.41) is 257. The first-order valence-corrected chi connectivity index (χ1v) is 31.3. The lowest BCUT2D eigenvalue weighted by atomic mass is 9.89. The van der Waals surface area contributed by atoms with E-state index in [4.69, 9.17) is 71.1 Å². The van der Waals surface area contributed by atoms with Crippen LogP contribution in [0.4, 0.5) is 0 Å². The third-order valence-corrected chi connectivity index (χ3v) is 18.3. The van der Waals surface area contributed by atoms with Crippen LogP contribution in [-0.4, -0.2) is 419 Å². The van der Waals surface area contributed by atoms with Gasteiger partial charge in [-0.3, -0.25) is 9.59 Å². The SMILES string of the molecule is CC(=O)N[C@H]1[C@H](OC[C@H]2OC(O)[C@H](NC(C)=O)[C@@H](O[C@@H]3O[C@H](CO)[C@H](O)[C@H](O[C@]4(C(=O)O)C[C@H](O[C@@H]5O[C@@H](C)[C@@H](O)[C@@H](O)[C@@H]5O)[C@@H](O[C@@H]5O[C@@H](C)[C@@H](O)[C@H](O)[C@@H]5O)[C@H]([C@H](O)[C@H](O)CO)O4)[C@H]3O)[C@H]2O)O[C@H](CO)[C@@H](O[C@@H]2O[C@H](CO)[C@H](O)[C@H](O)[C@H]2O)[C@@H]1O[C@@H]1O[C@@H](C)[C@@H](O)[C@@H](O)[C@@H]1O. The van der Waals surface area contributed by atoms with Crippen LogP contribution < -0.4 is 10.6 Å². The Morgan fingerprint density at radius 3 is 1.33 bits per heavy atom. The molecule has 0 aromatic heterocycles. The molecule has 568 valence electrons. The molecule has 1 unspecified atom stereocenters. The second-order valence-electron chi connectivity index (χ2n) is 25.3. The summed E-state index contributed by atoms with van der Waals surface area (Å²) in [6.07, 6.45) is -78.7. The van der Waals surface area contributed by atoms with Crippen molar-refractivity contribution < 1.29 is 203 Å². The highest BCUT2D eigenvalue weighted by Crippen LogP contribution is 2.43. The number of hydrogen-bond acceptors (Lipinski definition) is 40. The minimum atomic E-state index is -3.51. The molecule has 0 aromatic rings. The Kier molecular flexibility index (Phi) is 27.8. The van der Waals surface area contributed by atoms with E-state index in [9.17, 15) is 132 Å². The van der Waals surface area contributed by atoms with Crippen LogP contribution in [0.25, 0.3) is 0 Å². The van der Waals surface area contributed by atoms with E-state index in [2.05, 4.69) is 10.6 Å². The molecule has 0 aromatic carbocycles. The number of nitrogens with one attached hydrogen (secondary N) is 2. The first-order chi connectivity index (χ1) is 46.0. The standard InChI is InChI=1S/C55H92N2O41/c1-12-25(65)32(72)36(76)49(85-12)89-18-6-55(54(82)83,98-46(28(68)17(64)7-58)41(18)93-50-37(77)33(73)26(66)13(2)86-50)97-45-30(70)20(9-60)91-53(40(45)80)95-43-23(56-15(4)62)47(81)88-22(31(43)71)11-84-48-24(57-16(5)63)44(96-51-38(78)34(74)27(67)14(3)87-51)42(21(10-61)92-48)94-52-39(79)35(75)29(69)19(8-59)90-52/h12-14,17-53,58-61,64-81H,6-11H2,1-5H3,(H,56,62)(H,57,63)(H,82,83)/t12-,13-,14-,17+,18-,19+,20+,21+,22+,23+,24+,25+,26+,27+,28+,29-,30-,31-,32+,33-,34+,35-,36-,37-,38-,39+,40+,41+,42+,43+,44+,45-,46-,47?,48+,49-,50-,51-,52-,53-,55+/m0/s1. The Balaban J connectivity index is 1.10. The summed E-state index contributed by atoms with van der Waals surface area (Å²) < 4.78 is 88.2. The topological polar surface area (TPSA) is 679 Å². The van der Waals surface area contributed by atoms with Gasteiger partial charge in [-0.2, -0.15) is 0 Å². The van der Waals surface area contributed by atoms with Crippen molar-refractivity contribution in [1.82, 2.24) is 10.6 Å². The van der Waals surface area contributed by atoms with E-state index in [-0.39, 0.29) is 0 Å². The van der Waals surface area contributed by atoms with Gasteiger partial charge in [-0.05, 0) is 20.8 Å². The van der Waals surface area contributed by atoms with Crippen molar-refractivity contribution in [3.63, 3.8) is 0 Å². The molecule has 43 nitrogen and oxygen atoms in total. The van der Waals surface area contributed by atoms with Crippen LogP contribution in [-0.2, 0) is 85.4 Å². The largest absolute Gasteiger partial charge is 0.477 e. The van der Waals surface area contributed by atoms with Crippen molar-refractivity contribution in [2.75, 3.05) is 33.0 Å². The lowest BCUT2D eigenvalue weighted by molar-refractivity contribution is -0.408. The van der Waals surface area contributed by atoms with Crippen LogP contribution in [0.1, 0.15) is 41.0 Å². The highest BCUT2D eigenvalue weighted by atomic mass is 16.8. The predicted molar refractivity (Wildman–Crippen MR) is 301 cm³/mol. The molecule has 8 rings (SSSR count). The molecule has 43 heteroatoms. The van der Waals surface area contributed by atoms with E-state index >= 15 is 0 Å². The normalized spacial score (nSPS) is 50.2. The maximum absolute atomic E-state index is 13.9. The lowest BCUT2D eigenvalue weighted by Crippen LogP contribution is -2.71. The highest BCUT2D eigenvalue weighted by molar-refractivity contribution is 5.76. The Bertz CT molecular complexity index is 2560. The predicted octanol–water partition coefficient (Wildman–Crippen LogP) is -15.9. The minimum Gasteiger partial charge on any atom is -0.477 e. The molecule has 0 spiro atoms. The second-order valence-corrected chi connectivity index (χ2v) is 25.3. The summed E-state index contributed by atoms with van der Waals surface area (Å²) >= 11 is 0. The molecule has 8 aliphatic rings. The Morgan fingerprint density at radius 2 is 0.847 bits per heavy atom. The second kappa shape index (κ2) is 33.8. The Labute approximate surface area is 555 Å². The van der Waals surface area contributed by atoms with Gasteiger partial charge in [0.2, 0.25) is 11.8 Å². The van der Waals surface area contributed by atoms with Crippen molar-refractivity contribution >= 4 is 17.8 Å². The van der Waals surface area contributed by atoms with Crippen molar-refractivity contribution in [2.45, 2.75) is 292 Å². The van der Waals surface area contributed by atoms with Crippen LogP contribution >= 0.6 is 0 Å². The minimum absolute atomic E-state index is 0.900. The first-order valence-electron chi connectivity index (χ1n) is 31.3. The molecule has 0 bridgehead atoms. The Hall–Kier alpha value is -3.07. The zero-order valence-electron chi connectivity index (χ0n) is 53.0. The monoisotopic (exact) mass is 1440 g/mol. The van der Waals surface area contributed by atoms with Crippen LogP contribution in [0.3, 0.4) is 0 Å². The maximum Gasteiger partial charge on any atom is 0.364 e. The summed E-state index contributed by atoms with van der Waals surface area (Å²) in [4.78, 5) is 39.8. The van der Waals surface area contributed by atoms with E-state index in [1.807, 2.05) is 0 Å². The summed E-state index contributed by atoms with van der Waals surface area (Å²) in [6.45, 7) is -0.00582. The summed E-state index contributed by atoms with van der Waals surface area (Å²) in [5.74, 6) is -7.60. The molecule has 0 aliphatic carbocycles. The number of aliphatic hydroxyl groups excluding tert-OH is 22. The van der Waals surface area contributed by atoms with Crippen LogP contribution in [0.5, 0.6) is 0 Å². The fraction of sp³-hybridized carbons (Fsp3) is 0.945. The van der Waals surface area contributed by atoms with E-state index in [0.29, 0.717) is 0 Å². The van der Waals surface area contributed by atoms with Gasteiger partial charge in [0.05, 0.1) is 57.5 Å². The summed E-state index contributed by atoms with van der Waals surface area (Å²) in [5.41, 5.74) is 0. The molecular formula is C55H92N2O41. The third-order valence-electron chi connectivity index (χ3n) is 18.3. The van der Waals surface area contributed by atoms with Crippen LogP contribution in [0.15, 0.2) is 0 Å². The van der Waals surface area contributed by atoms with Gasteiger partial charge in [0.1, 0.15) is 177 Å². The Morgan fingerprint density at radius 1 is 0.439 bits per heavy atom. The van der Waals surface area contributed by atoms with Crippen molar-refractivity contribution in [3.8, 4) is 0 Å². The van der Waals surface area contributed by atoms with Gasteiger partial charge in [-0.25, -0.2) is 4.79 Å². The molecular weight excluding hydrogens is 1340 g/mol. The number of amides is 2. The third kappa shape index (κ3) is 17.0. The van der Waals surface area contributed by atoms with E-state index in [1.165, 1.54) is 20.8 Å². The number of ether oxygens (including phenoxy) is 15. The van der Waals surface area contributed by atoms with Crippen LogP contribution in [0, 0.1) is 0 Å². The van der Waals surface area contributed by atoms with E-state index < -0.39 is 308 Å². The van der Waals surface area contributed by atoms with Gasteiger partial charge < -0.3 is 199 Å². The smallest absolute Gasteiger partial charge is 0.364 e. The zero-order valence-corrected chi connectivity index (χ0v) is 53.0. The van der Waals surface area contributed by atoms with Gasteiger partial charge >= 0.3 is 5.97 Å². The molecule has 25 N–H and O–H groups in total. The molecule has 8 fully saturated rings. The average molecular weight is 1440 g/mol. The molecule has 8 aliphatic heterocycles. The van der Waals surface area contributed by atoms with E-state index in [0.717, 1.165) is 13.8 Å². The van der Waals surface area contributed by atoms with Crippen molar-refractivity contribution in [2.24, 2.45) is 0 Å². The molecule has 0 saturated carbocycles. The molecule has 8 heterocycles. The van der Waals surface area contributed by atoms with Gasteiger partial charge in [0.25, 0.3) is 5.79 Å². The molecule has 0 radical (unpaired) electrons. The number of carbonyl (C=O) groups is 3. The first kappa shape index (κ1) is 80.6. The summed E-state index contributed by atoms with van der Waals surface area (Å²) in [6, 6.07) is -3.73. The number of aliphatic hydroxyl groups is 22. The van der Waals surface area contributed by atoms with Gasteiger partial charge in [-0.15, -0.1) is 0 Å². The lowest BCUT2D eigenvalue weighted by Gasteiger charge is -2.52. The number of rotatable bonds is 24.